The van der Waals surface area contributed by atoms with Crippen LogP contribution in [0.2, 0.25) is 0 Å². The molecule has 0 atom stereocenters. The van der Waals surface area contributed by atoms with E-state index < -0.39 is 16.0 Å². The number of aromatic carboxylic acids is 1. The Balaban J connectivity index is 2.45. The molecule has 1 aromatic rings. The average molecular weight is 301 g/mol. The first-order valence-electron chi connectivity index (χ1n) is 6.55. The van der Waals surface area contributed by atoms with Gasteiger partial charge in [0.1, 0.15) is 5.56 Å². The first-order valence-corrected chi connectivity index (χ1v) is 7.99. The van der Waals surface area contributed by atoms with Crippen molar-refractivity contribution in [3.8, 4) is 0 Å². The first kappa shape index (κ1) is 15.0. The topological polar surface area (TPSA) is 103 Å². The summed E-state index contributed by atoms with van der Waals surface area (Å²) in [7, 11) is -3.88. The van der Waals surface area contributed by atoms with Gasteiger partial charge in [-0.1, -0.05) is 13.8 Å². The monoisotopic (exact) mass is 301 g/mol. The second kappa shape index (κ2) is 5.17. The minimum atomic E-state index is -3.88. The van der Waals surface area contributed by atoms with Crippen molar-refractivity contribution < 1.29 is 18.3 Å². The zero-order valence-electron chi connectivity index (χ0n) is 11.8. The van der Waals surface area contributed by atoms with E-state index in [1.54, 1.807) is 0 Å². The van der Waals surface area contributed by atoms with Crippen molar-refractivity contribution in [1.82, 2.24) is 14.5 Å². The molecule has 0 aromatic carbocycles. The van der Waals surface area contributed by atoms with Crippen molar-refractivity contribution in [2.75, 3.05) is 6.54 Å². The summed E-state index contributed by atoms with van der Waals surface area (Å²) in [6.45, 7) is 5.73. The Kier molecular flexibility index (Phi) is 3.88. The van der Waals surface area contributed by atoms with Crippen LogP contribution in [0.5, 0.6) is 0 Å². The molecule has 2 N–H and O–H groups in total. The van der Waals surface area contributed by atoms with E-state index >= 15 is 0 Å². The fourth-order valence-corrected chi connectivity index (χ4v) is 4.10. The quantitative estimate of drug-likeness (QED) is 0.822. The largest absolute Gasteiger partial charge is 0.478 e. The molecule has 0 radical (unpaired) electrons. The van der Waals surface area contributed by atoms with Crippen LogP contribution in [0.3, 0.4) is 0 Å². The Morgan fingerprint density at radius 1 is 1.50 bits per heavy atom. The van der Waals surface area contributed by atoms with Crippen LogP contribution in [0.1, 0.15) is 42.7 Å². The number of hydrogen-bond acceptors (Lipinski definition) is 4. The van der Waals surface area contributed by atoms with Crippen LogP contribution in [0.25, 0.3) is 0 Å². The summed E-state index contributed by atoms with van der Waals surface area (Å²) in [6.07, 6.45) is 1.63. The van der Waals surface area contributed by atoms with Gasteiger partial charge in [-0.05, 0) is 25.7 Å². The maximum Gasteiger partial charge on any atom is 0.340 e. The van der Waals surface area contributed by atoms with Gasteiger partial charge in [-0.2, -0.15) is 9.40 Å². The molecule has 0 saturated heterocycles. The zero-order valence-corrected chi connectivity index (χ0v) is 12.6. The number of carbonyl (C=O) groups is 1. The maximum absolute atomic E-state index is 12.7. The van der Waals surface area contributed by atoms with Crippen molar-refractivity contribution in [1.29, 1.82) is 0 Å². The summed E-state index contributed by atoms with van der Waals surface area (Å²) in [5, 5.41) is 15.0. The van der Waals surface area contributed by atoms with Crippen molar-refractivity contribution in [2.45, 2.75) is 44.7 Å². The number of carboxylic acid groups (broad SMARTS) is 1. The first-order chi connectivity index (χ1) is 9.25. The van der Waals surface area contributed by atoms with Crippen LogP contribution in [-0.4, -0.2) is 46.6 Å². The van der Waals surface area contributed by atoms with E-state index in [1.807, 2.05) is 13.8 Å². The number of carboxylic acids is 1. The molecular formula is C12H19N3O4S. The van der Waals surface area contributed by atoms with Gasteiger partial charge in [0.15, 0.2) is 0 Å². The number of nitrogens with zero attached hydrogens (tertiary/aromatic N) is 2. The lowest BCUT2D eigenvalue weighted by Crippen LogP contribution is -2.37. The highest BCUT2D eigenvalue weighted by Crippen LogP contribution is 2.33. The van der Waals surface area contributed by atoms with Gasteiger partial charge in [-0.25, -0.2) is 13.2 Å². The van der Waals surface area contributed by atoms with Crippen molar-refractivity contribution in [2.24, 2.45) is 5.92 Å². The maximum atomic E-state index is 12.7. The second-order valence-corrected chi connectivity index (χ2v) is 7.34. The van der Waals surface area contributed by atoms with Crippen LogP contribution in [0.15, 0.2) is 5.03 Å². The molecule has 2 rings (SSSR count). The molecule has 1 aliphatic carbocycles. The highest BCUT2D eigenvalue weighted by molar-refractivity contribution is 7.89. The fourth-order valence-electron chi connectivity index (χ4n) is 2.12. The molecule has 20 heavy (non-hydrogen) atoms. The average Bonchev–Trinajstić information content (AvgIpc) is 3.07. The number of hydrogen-bond donors (Lipinski definition) is 2. The molecule has 1 fully saturated rings. The fraction of sp³-hybridized carbons (Fsp3) is 0.667. The van der Waals surface area contributed by atoms with Crippen LogP contribution in [0, 0.1) is 12.8 Å². The smallest absolute Gasteiger partial charge is 0.340 e. The Hall–Kier alpha value is -1.41. The van der Waals surface area contributed by atoms with E-state index in [0.717, 1.165) is 12.8 Å². The molecule has 0 bridgehead atoms. The van der Waals surface area contributed by atoms with Crippen LogP contribution < -0.4 is 0 Å². The molecule has 1 saturated carbocycles. The summed E-state index contributed by atoms with van der Waals surface area (Å²) in [4.78, 5) is 11.2. The van der Waals surface area contributed by atoms with Crippen molar-refractivity contribution >= 4 is 16.0 Å². The normalized spacial score (nSPS) is 16.1. The number of sulfonamides is 1. The van der Waals surface area contributed by atoms with Gasteiger partial charge < -0.3 is 5.11 Å². The molecule has 0 unspecified atom stereocenters. The Labute approximate surface area is 118 Å². The third kappa shape index (κ3) is 2.71. The van der Waals surface area contributed by atoms with Gasteiger partial charge in [-0.15, -0.1) is 0 Å². The summed E-state index contributed by atoms with van der Waals surface area (Å²) in [6, 6.07) is -0.0268. The van der Waals surface area contributed by atoms with Crippen LogP contribution in [0.4, 0.5) is 0 Å². The Bertz CT molecular complexity index is 617. The molecule has 112 valence electrons. The molecule has 0 spiro atoms. The second-order valence-electron chi connectivity index (χ2n) is 5.53. The van der Waals surface area contributed by atoms with Gasteiger partial charge in [0.25, 0.3) is 10.0 Å². The summed E-state index contributed by atoms with van der Waals surface area (Å²) < 4.78 is 26.7. The van der Waals surface area contributed by atoms with Crippen LogP contribution in [-0.2, 0) is 10.0 Å². The lowest BCUT2D eigenvalue weighted by Gasteiger charge is -2.22. The zero-order chi connectivity index (χ0) is 15.1. The Morgan fingerprint density at radius 2 is 2.10 bits per heavy atom. The van der Waals surface area contributed by atoms with Crippen LogP contribution >= 0.6 is 0 Å². The van der Waals surface area contributed by atoms with Gasteiger partial charge in [-0.3, -0.25) is 5.10 Å². The lowest BCUT2D eigenvalue weighted by molar-refractivity contribution is 0.0691. The number of nitrogens with one attached hydrogen (secondary N) is 1. The van der Waals surface area contributed by atoms with E-state index in [1.165, 1.54) is 11.2 Å². The van der Waals surface area contributed by atoms with E-state index in [0.29, 0.717) is 6.54 Å². The molecule has 0 aliphatic heterocycles. The number of rotatable bonds is 6. The highest BCUT2D eigenvalue weighted by atomic mass is 32.2. The highest BCUT2D eigenvalue weighted by Gasteiger charge is 2.41. The van der Waals surface area contributed by atoms with Crippen molar-refractivity contribution in [3.63, 3.8) is 0 Å². The van der Waals surface area contributed by atoms with Gasteiger partial charge in [0.2, 0.25) is 5.03 Å². The molecule has 1 aromatic heterocycles. The molecule has 8 heteroatoms. The molecule has 0 amide bonds. The summed E-state index contributed by atoms with van der Waals surface area (Å²) in [5.41, 5.74) is -0.0178. The van der Waals surface area contributed by atoms with Gasteiger partial charge >= 0.3 is 5.97 Å². The Morgan fingerprint density at radius 3 is 2.55 bits per heavy atom. The van der Waals surface area contributed by atoms with E-state index in [2.05, 4.69) is 10.2 Å². The third-order valence-corrected chi connectivity index (χ3v) is 5.03. The van der Waals surface area contributed by atoms with Gasteiger partial charge in [0, 0.05) is 18.3 Å². The minimum Gasteiger partial charge on any atom is -0.478 e. The number of H-pyrrole nitrogens is 1. The molecule has 1 heterocycles. The van der Waals surface area contributed by atoms with Crippen molar-refractivity contribution in [3.05, 3.63) is 11.3 Å². The van der Waals surface area contributed by atoms with Gasteiger partial charge in [0.05, 0.1) is 0 Å². The predicted octanol–water partition coefficient (Wildman–Crippen LogP) is 1.23. The van der Waals surface area contributed by atoms with E-state index in [-0.39, 0.29) is 28.2 Å². The molecular weight excluding hydrogens is 282 g/mol. The number of aromatic amines is 1. The van der Waals surface area contributed by atoms with E-state index in [4.69, 9.17) is 0 Å². The SMILES string of the molecule is Cc1[nH]nc(S(=O)(=O)N(CC(C)C)C2CC2)c1C(=O)O. The predicted molar refractivity (Wildman–Crippen MR) is 72.0 cm³/mol. The third-order valence-electron chi connectivity index (χ3n) is 3.18. The number of aromatic nitrogens is 2. The summed E-state index contributed by atoms with van der Waals surface area (Å²) in [5.74, 6) is -1.12. The summed E-state index contributed by atoms with van der Waals surface area (Å²) >= 11 is 0. The number of aryl methyl sites for hydroxylation is 1. The lowest BCUT2D eigenvalue weighted by atomic mass is 10.2. The standard InChI is InChI=1S/C12H19N3O4S/c1-7(2)6-15(9-4-5-9)20(18,19)11-10(12(16)17)8(3)13-14-11/h7,9H,4-6H2,1-3H3,(H,13,14)(H,16,17). The minimum absolute atomic E-state index is 0.0268. The molecule has 1 aliphatic rings. The molecule has 7 nitrogen and oxygen atoms in total. The van der Waals surface area contributed by atoms with E-state index in [9.17, 15) is 18.3 Å².